The van der Waals surface area contributed by atoms with Crippen LogP contribution in [-0.4, -0.2) is 29.6 Å². The van der Waals surface area contributed by atoms with Crippen LogP contribution >= 0.6 is 11.3 Å². The summed E-state index contributed by atoms with van der Waals surface area (Å²) >= 11 is 1.36. The summed E-state index contributed by atoms with van der Waals surface area (Å²) in [6, 6.07) is 5.85. The Hall–Kier alpha value is -1.95. The van der Waals surface area contributed by atoms with Gasteiger partial charge < -0.3 is 10.5 Å². The van der Waals surface area contributed by atoms with Gasteiger partial charge in [0.2, 0.25) is 5.13 Å². The van der Waals surface area contributed by atoms with E-state index in [-0.39, 0.29) is 6.10 Å². The number of nitrogens with two attached hydrogens (primary N) is 1. The van der Waals surface area contributed by atoms with Crippen LogP contribution in [0.25, 0.3) is 10.6 Å². The van der Waals surface area contributed by atoms with E-state index in [2.05, 4.69) is 15.2 Å². The summed E-state index contributed by atoms with van der Waals surface area (Å²) in [6.07, 6.45) is 1.89. The predicted octanol–water partition coefficient (Wildman–Crippen LogP) is 2.62. The van der Waals surface area contributed by atoms with Gasteiger partial charge >= 0.3 is 0 Å². The van der Waals surface area contributed by atoms with Crippen LogP contribution in [0.3, 0.4) is 0 Å². The quantitative estimate of drug-likeness (QED) is 0.871. The molecule has 6 heteroatoms. The topological polar surface area (TPSA) is 73.4 Å². The van der Waals surface area contributed by atoms with Crippen molar-refractivity contribution in [2.75, 3.05) is 12.8 Å². The molecule has 2 N–H and O–H groups in total. The van der Waals surface area contributed by atoms with E-state index in [9.17, 15) is 0 Å². The minimum absolute atomic E-state index is 0.118. The van der Waals surface area contributed by atoms with Gasteiger partial charge in [-0.05, 0) is 32.0 Å². The lowest BCUT2D eigenvalue weighted by atomic mass is 10.1. The van der Waals surface area contributed by atoms with Crippen LogP contribution < -0.4 is 10.5 Å². The Balaban J connectivity index is 2.41. The molecule has 0 aliphatic rings. The lowest BCUT2D eigenvalue weighted by Gasteiger charge is -2.12. The van der Waals surface area contributed by atoms with Crippen molar-refractivity contribution < 1.29 is 4.74 Å². The summed E-state index contributed by atoms with van der Waals surface area (Å²) in [5.74, 6) is 0.807. The maximum atomic E-state index is 5.75. The summed E-state index contributed by atoms with van der Waals surface area (Å²) in [5, 5.41) is 9.11. The van der Waals surface area contributed by atoms with Gasteiger partial charge in [0.25, 0.3) is 0 Å². The molecule has 19 heavy (non-hydrogen) atoms. The van der Waals surface area contributed by atoms with Crippen LogP contribution in [0.5, 0.6) is 5.75 Å². The predicted molar refractivity (Wildman–Crippen MR) is 79.0 cm³/mol. The molecule has 0 amide bonds. The van der Waals surface area contributed by atoms with Crippen molar-refractivity contribution in [1.82, 2.24) is 10.2 Å². The first kappa shape index (κ1) is 13.5. The van der Waals surface area contributed by atoms with E-state index in [0.29, 0.717) is 5.13 Å². The highest BCUT2D eigenvalue weighted by molar-refractivity contribution is 7.18. The second-order valence-corrected chi connectivity index (χ2v) is 5.26. The van der Waals surface area contributed by atoms with E-state index >= 15 is 0 Å². The Morgan fingerprint density at radius 2 is 2.16 bits per heavy atom. The Labute approximate surface area is 116 Å². The number of ether oxygens (including phenoxy) is 1. The third-order valence-electron chi connectivity index (χ3n) is 2.33. The van der Waals surface area contributed by atoms with Crippen molar-refractivity contribution in [1.29, 1.82) is 0 Å². The number of rotatable bonds is 4. The molecule has 1 aromatic carbocycles. The van der Waals surface area contributed by atoms with Crippen molar-refractivity contribution in [3.8, 4) is 16.3 Å². The average molecular weight is 276 g/mol. The van der Waals surface area contributed by atoms with Gasteiger partial charge in [-0.2, -0.15) is 0 Å². The lowest BCUT2D eigenvalue weighted by molar-refractivity contribution is 0.242. The molecule has 0 aliphatic heterocycles. The first-order valence-electron chi connectivity index (χ1n) is 5.92. The maximum absolute atomic E-state index is 5.75. The molecular weight excluding hydrogens is 260 g/mol. The van der Waals surface area contributed by atoms with Crippen LogP contribution in [0, 0.1) is 0 Å². The van der Waals surface area contributed by atoms with E-state index in [1.165, 1.54) is 11.3 Å². The number of aliphatic imine (C=N–C) groups is 1. The number of hydrogen-bond donors (Lipinski definition) is 1. The molecule has 0 bridgehead atoms. The number of nitrogens with zero attached hydrogens (tertiary/aromatic N) is 3. The van der Waals surface area contributed by atoms with E-state index in [1.54, 1.807) is 13.3 Å². The standard InChI is InChI=1S/C13H16N4OS/c1-8(2)18-11-5-4-9(6-10(11)7-15-3)12-16-17-13(14)19-12/h4-8H,1-3H3,(H2,14,17). The van der Waals surface area contributed by atoms with Crippen molar-refractivity contribution in [2.24, 2.45) is 4.99 Å². The molecule has 0 atom stereocenters. The largest absolute Gasteiger partial charge is 0.490 e. The smallest absolute Gasteiger partial charge is 0.203 e. The van der Waals surface area contributed by atoms with Crippen LogP contribution in [0.2, 0.25) is 0 Å². The number of aromatic nitrogens is 2. The summed E-state index contributed by atoms with van der Waals surface area (Å²) < 4.78 is 5.75. The molecular formula is C13H16N4OS. The summed E-state index contributed by atoms with van der Waals surface area (Å²) in [7, 11) is 1.73. The summed E-state index contributed by atoms with van der Waals surface area (Å²) in [4.78, 5) is 4.05. The summed E-state index contributed by atoms with van der Waals surface area (Å²) in [5.41, 5.74) is 7.48. The van der Waals surface area contributed by atoms with Crippen molar-refractivity contribution >= 4 is 22.7 Å². The fourth-order valence-corrected chi connectivity index (χ4v) is 2.24. The second-order valence-electron chi connectivity index (χ2n) is 4.25. The molecule has 100 valence electrons. The van der Waals surface area contributed by atoms with Crippen molar-refractivity contribution in [2.45, 2.75) is 20.0 Å². The summed E-state index contributed by atoms with van der Waals surface area (Å²) in [6.45, 7) is 3.98. The minimum Gasteiger partial charge on any atom is -0.490 e. The number of hydrogen-bond acceptors (Lipinski definition) is 6. The zero-order valence-corrected chi connectivity index (χ0v) is 11.9. The molecule has 0 saturated carbocycles. The lowest BCUT2D eigenvalue weighted by Crippen LogP contribution is -2.07. The van der Waals surface area contributed by atoms with Crippen LogP contribution in [0.15, 0.2) is 23.2 Å². The molecule has 0 unspecified atom stereocenters. The Kier molecular flexibility index (Phi) is 4.11. The van der Waals surface area contributed by atoms with Crippen molar-refractivity contribution in [3.63, 3.8) is 0 Å². The van der Waals surface area contributed by atoms with Gasteiger partial charge in [0.15, 0.2) is 0 Å². The van der Waals surface area contributed by atoms with Crippen LogP contribution in [-0.2, 0) is 0 Å². The molecule has 2 rings (SSSR count). The van der Waals surface area contributed by atoms with E-state index in [1.807, 2.05) is 32.0 Å². The zero-order valence-electron chi connectivity index (χ0n) is 11.1. The number of benzene rings is 1. The average Bonchev–Trinajstić information content (AvgIpc) is 2.78. The van der Waals surface area contributed by atoms with Crippen LogP contribution in [0.1, 0.15) is 19.4 Å². The van der Waals surface area contributed by atoms with Gasteiger partial charge in [0, 0.05) is 24.4 Å². The number of nitrogen functional groups attached to an aromatic ring is 1. The normalized spacial score (nSPS) is 11.4. The monoisotopic (exact) mass is 276 g/mol. The highest BCUT2D eigenvalue weighted by Gasteiger charge is 2.09. The minimum atomic E-state index is 0.118. The first-order valence-corrected chi connectivity index (χ1v) is 6.74. The van der Waals surface area contributed by atoms with Gasteiger partial charge in [-0.3, -0.25) is 4.99 Å². The SMILES string of the molecule is CN=Cc1cc(-c2nnc(N)s2)ccc1OC(C)C. The number of anilines is 1. The third kappa shape index (κ3) is 3.29. The first-order chi connectivity index (χ1) is 9.10. The molecule has 1 aromatic heterocycles. The second kappa shape index (κ2) is 5.79. The molecule has 0 aliphatic carbocycles. The Morgan fingerprint density at radius 1 is 1.37 bits per heavy atom. The van der Waals surface area contributed by atoms with Gasteiger partial charge in [-0.15, -0.1) is 10.2 Å². The molecule has 5 nitrogen and oxygen atoms in total. The molecule has 0 radical (unpaired) electrons. The van der Waals surface area contributed by atoms with E-state index < -0.39 is 0 Å². The van der Waals surface area contributed by atoms with Gasteiger partial charge in [-0.1, -0.05) is 11.3 Å². The fourth-order valence-electron chi connectivity index (χ4n) is 1.63. The Bertz CT molecular complexity index is 592. The Morgan fingerprint density at radius 3 is 2.74 bits per heavy atom. The van der Waals surface area contributed by atoms with Crippen molar-refractivity contribution in [3.05, 3.63) is 23.8 Å². The highest BCUT2D eigenvalue weighted by Crippen LogP contribution is 2.29. The molecule has 0 spiro atoms. The van der Waals surface area contributed by atoms with Gasteiger partial charge in [0.1, 0.15) is 10.8 Å². The third-order valence-corrected chi connectivity index (χ3v) is 3.13. The zero-order chi connectivity index (χ0) is 13.8. The molecule has 0 fully saturated rings. The van der Waals surface area contributed by atoms with E-state index in [4.69, 9.17) is 10.5 Å². The fraction of sp³-hybridized carbons (Fsp3) is 0.308. The van der Waals surface area contributed by atoms with Crippen LogP contribution in [0.4, 0.5) is 5.13 Å². The maximum Gasteiger partial charge on any atom is 0.203 e. The molecule has 2 aromatic rings. The van der Waals surface area contributed by atoms with Gasteiger partial charge in [-0.25, -0.2) is 0 Å². The van der Waals surface area contributed by atoms with Gasteiger partial charge in [0.05, 0.1) is 6.10 Å². The molecule has 0 saturated heterocycles. The molecule has 1 heterocycles. The van der Waals surface area contributed by atoms with E-state index in [0.717, 1.165) is 21.9 Å². The highest BCUT2D eigenvalue weighted by atomic mass is 32.1.